The molecule has 1 N–H and O–H groups in total. The lowest BCUT2D eigenvalue weighted by Crippen LogP contribution is -2.36. The van der Waals surface area contributed by atoms with Gasteiger partial charge in [-0.1, -0.05) is 0 Å². The molecule has 0 unspecified atom stereocenters. The van der Waals surface area contributed by atoms with E-state index < -0.39 is 0 Å². The van der Waals surface area contributed by atoms with Gasteiger partial charge in [-0.05, 0) is 6.42 Å². The molecule has 1 aromatic rings. The first-order valence-corrected chi connectivity index (χ1v) is 6.27. The van der Waals surface area contributed by atoms with Gasteiger partial charge in [0, 0.05) is 39.4 Å². The molecule has 2 heterocycles. The van der Waals surface area contributed by atoms with Crippen LogP contribution >= 0.6 is 0 Å². The third-order valence-corrected chi connectivity index (χ3v) is 2.82. The molecule has 1 aromatic heterocycles. The van der Waals surface area contributed by atoms with Crippen LogP contribution in [0, 0.1) is 0 Å². The number of nitrogens with one attached hydrogen (secondary N) is 1. The molecule has 1 aliphatic rings. The maximum atomic E-state index is 5.33. The first-order valence-electron chi connectivity index (χ1n) is 6.27. The van der Waals surface area contributed by atoms with Gasteiger partial charge in [-0.15, -0.1) is 0 Å². The van der Waals surface area contributed by atoms with Crippen molar-refractivity contribution in [3.63, 3.8) is 0 Å². The van der Waals surface area contributed by atoms with E-state index in [0.29, 0.717) is 0 Å². The molecule has 0 saturated carbocycles. The Bertz CT molecular complexity index is 356. The van der Waals surface area contributed by atoms with Crippen molar-refractivity contribution in [1.29, 1.82) is 0 Å². The fraction of sp³-hybridized carbons (Fsp3) is 0.667. The quantitative estimate of drug-likeness (QED) is 0.754. The lowest BCUT2D eigenvalue weighted by molar-refractivity contribution is 0.122. The van der Waals surface area contributed by atoms with Crippen molar-refractivity contribution in [2.45, 2.75) is 6.42 Å². The predicted octanol–water partition coefficient (Wildman–Crippen LogP) is 0.762. The molecule has 2 rings (SSSR count). The van der Waals surface area contributed by atoms with Gasteiger partial charge in [-0.3, -0.25) is 0 Å². The number of aromatic nitrogens is 2. The Balaban J connectivity index is 1.88. The predicted molar refractivity (Wildman–Crippen MR) is 70.0 cm³/mol. The topological polar surface area (TPSA) is 59.5 Å². The molecule has 0 radical (unpaired) electrons. The number of rotatable bonds is 6. The molecular formula is C12H20N4O2. The van der Waals surface area contributed by atoms with E-state index in [1.165, 1.54) is 0 Å². The van der Waals surface area contributed by atoms with Gasteiger partial charge < -0.3 is 19.7 Å². The van der Waals surface area contributed by atoms with Gasteiger partial charge in [-0.2, -0.15) is 0 Å². The zero-order valence-corrected chi connectivity index (χ0v) is 10.8. The first kappa shape index (κ1) is 13.0. The number of morpholine rings is 1. The zero-order valence-electron chi connectivity index (χ0n) is 10.8. The van der Waals surface area contributed by atoms with Gasteiger partial charge in [0.2, 0.25) is 0 Å². The first-order chi connectivity index (χ1) is 8.90. The zero-order chi connectivity index (χ0) is 12.6. The van der Waals surface area contributed by atoms with Crippen LogP contribution in [0.1, 0.15) is 6.42 Å². The van der Waals surface area contributed by atoms with Crippen molar-refractivity contribution in [2.24, 2.45) is 0 Å². The second-order valence-corrected chi connectivity index (χ2v) is 4.13. The van der Waals surface area contributed by atoms with Crippen LogP contribution in [0.5, 0.6) is 0 Å². The largest absolute Gasteiger partial charge is 0.385 e. The van der Waals surface area contributed by atoms with E-state index in [9.17, 15) is 0 Å². The van der Waals surface area contributed by atoms with E-state index in [0.717, 1.165) is 57.5 Å². The molecule has 18 heavy (non-hydrogen) atoms. The highest BCUT2D eigenvalue weighted by molar-refractivity contribution is 5.48. The Kier molecular flexibility index (Phi) is 5.16. The molecule has 0 spiro atoms. The average Bonchev–Trinajstić information content (AvgIpc) is 2.45. The second kappa shape index (κ2) is 7.13. The highest BCUT2D eigenvalue weighted by Crippen LogP contribution is 2.15. The van der Waals surface area contributed by atoms with E-state index in [2.05, 4.69) is 20.2 Å². The van der Waals surface area contributed by atoms with Crippen LogP contribution in [0.2, 0.25) is 0 Å². The van der Waals surface area contributed by atoms with E-state index >= 15 is 0 Å². The van der Waals surface area contributed by atoms with Gasteiger partial charge >= 0.3 is 0 Å². The molecule has 0 aliphatic carbocycles. The van der Waals surface area contributed by atoms with Crippen LogP contribution in [0.4, 0.5) is 11.6 Å². The van der Waals surface area contributed by atoms with E-state index in [1.807, 2.05) is 6.07 Å². The second-order valence-electron chi connectivity index (χ2n) is 4.13. The fourth-order valence-corrected chi connectivity index (χ4v) is 1.84. The number of anilines is 2. The lowest BCUT2D eigenvalue weighted by Gasteiger charge is -2.27. The summed E-state index contributed by atoms with van der Waals surface area (Å²) >= 11 is 0. The summed E-state index contributed by atoms with van der Waals surface area (Å²) in [6, 6.07) is 1.98. The molecule has 1 aliphatic heterocycles. The van der Waals surface area contributed by atoms with Crippen LogP contribution in [0.15, 0.2) is 12.4 Å². The maximum absolute atomic E-state index is 5.33. The van der Waals surface area contributed by atoms with Crippen molar-refractivity contribution in [2.75, 3.05) is 56.8 Å². The Morgan fingerprint density at radius 3 is 3.00 bits per heavy atom. The van der Waals surface area contributed by atoms with Crippen molar-refractivity contribution in [1.82, 2.24) is 9.97 Å². The van der Waals surface area contributed by atoms with Crippen molar-refractivity contribution < 1.29 is 9.47 Å². The Morgan fingerprint density at radius 1 is 1.39 bits per heavy atom. The number of nitrogens with zero attached hydrogens (tertiary/aromatic N) is 3. The van der Waals surface area contributed by atoms with Crippen molar-refractivity contribution >= 4 is 11.6 Å². The van der Waals surface area contributed by atoms with Gasteiger partial charge in [0.25, 0.3) is 0 Å². The monoisotopic (exact) mass is 252 g/mol. The van der Waals surface area contributed by atoms with Crippen LogP contribution in [0.25, 0.3) is 0 Å². The summed E-state index contributed by atoms with van der Waals surface area (Å²) in [6.45, 7) is 4.92. The van der Waals surface area contributed by atoms with Gasteiger partial charge in [-0.25, -0.2) is 9.97 Å². The molecular weight excluding hydrogens is 232 g/mol. The molecule has 0 amide bonds. The van der Waals surface area contributed by atoms with Crippen LogP contribution in [-0.2, 0) is 9.47 Å². The standard InChI is InChI=1S/C12H20N4O2/c1-17-6-2-3-13-11-9-12(15-10-14-11)16-4-7-18-8-5-16/h9-10H,2-8H2,1H3,(H,13,14,15). The van der Waals surface area contributed by atoms with E-state index in [4.69, 9.17) is 9.47 Å². The highest BCUT2D eigenvalue weighted by atomic mass is 16.5. The molecule has 100 valence electrons. The van der Waals surface area contributed by atoms with Crippen LogP contribution in [0.3, 0.4) is 0 Å². The van der Waals surface area contributed by atoms with Crippen molar-refractivity contribution in [3.8, 4) is 0 Å². The van der Waals surface area contributed by atoms with Crippen molar-refractivity contribution in [3.05, 3.63) is 12.4 Å². The summed E-state index contributed by atoms with van der Waals surface area (Å²) < 4.78 is 10.3. The summed E-state index contributed by atoms with van der Waals surface area (Å²) in [5, 5.41) is 3.27. The van der Waals surface area contributed by atoms with Crippen LogP contribution < -0.4 is 10.2 Å². The number of hydrogen-bond acceptors (Lipinski definition) is 6. The SMILES string of the molecule is COCCCNc1cc(N2CCOCC2)ncn1. The molecule has 0 bridgehead atoms. The third kappa shape index (κ3) is 3.82. The molecule has 1 fully saturated rings. The maximum Gasteiger partial charge on any atom is 0.134 e. The summed E-state index contributed by atoms with van der Waals surface area (Å²) in [5.41, 5.74) is 0. The Labute approximate surface area is 107 Å². The average molecular weight is 252 g/mol. The van der Waals surface area contributed by atoms with Gasteiger partial charge in [0.15, 0.2) is 0 Å². The normalized spacial score (nSPS) is 15.7. The third-order valence-electron chi connectivity index (χ3n) is 2.82. The van der Waals surface area contributed by atoms with Gasteiger partial charge in [0.05, 0.1) is 13.2 Å². The Hall–Kier alpha value is -1.40. The minimum Gasteiger partial charge on any atom is -0.385 e. The van der Waals surface area contributed by atoms with E-state index in [1.54, 1.807) is 13.4 Å². The highest BCUT2D eigenvalue weighted by Gasteiger charge is 2.12. The number of ether oxygens (including phenoxy) is 2. The molecule has 0 atom stereocenters. The fourth-order valence-electron chi connectivity index (χ4n) is 1.84. The van der Waals surface area contributed by atoms with E-state index in [-0.39, 0.29) is 0 Å². The Morgan fingerprint density at radius 2 is 2.22 bits per heavy atom. The molecule has 1 saturated heterocycles. The molecule has 6 heteroatoms. The minimum absolute atomic E-state index is 0.758. The summed E-state index contributed by atoms with van der Waals surface area (Å²) in [6.07, 6.45) is 2.57. The van der Waals surface area contributed by atoms with Crippen LogP contribution in [-0.4, -0.2) is 56.5 Å². The summed E-state index contributed by atoms with van der Waals surface area (Å²) in [7, 11) is 1.71. The smallest absolute Gasteiger partial charge is 0.134 e. The number of hydrogen-bond donors (Lipinski definition) is 1. The molecule has 0 aromatic carbocycles. The van der Waals surface area contributed by atoms with Gasteiger partial charge in [0.1, 0.15) is 18.0 Å². The number of methoxy groups -OCH3 is 1. The lowest BCUT2D eigenvalue weighted by atomic mass is 10.4. The molecule has 6 nitrogen and oxygen atoms in total. The summed E-state index contributed by atoms with van der Waals surface area (Å²) in [4.78, 5) is 10.7. The minimum atomic E-state index is 0.758. The summed E-state index contributed by atoms with van der Waals surface area (Å²) in [5.74, 6) is 1.82.